The molecule has 0 aromatic heterocycles. The molecular formula is C11H17NO4. The SMILES string of the molecule is O=CNC(C(=O)O)C1CCOC2(CCC2)C1. The first-order valence-electron chi connectivity index (χ1n) is 5.73. The number of carbonyl (C=O) groups excluding carboxylic acids is 1. The van der Waals surface area contributed by atoms with E-state index in [1.165, 1.54) is 0 Å². The Morgan fingerprint density at radius 1 is 1.56 bits per heavy atom. The third-order valence-corrected chi connectivity index (χ3v) is 3.78. The molecule has 16 heavy (non-hydrogen) atoms. The first-order valence-corrected chi connectivity index (χ1v) is 5.73. The second-order valence-corrected chi connectivity index (χ2v) is 4.74. The van der Waals surface area contributed by atoms with Gasteiger partial charge >= 0.3 is 5.97 Å². The highest BCUT2D eigenvalue weighted by Gasteiger charge is 2.45. The molecule has 0 bridgehead atoms. The maximum absolute atomic E-state index is 11.0. The Labute approximate surface area is 94.2 Å². The summed E-state index contributed by atoms with van der Waals surface area (Å²) in [7, 11) is 0. The molecule has 1 amide bonds. The van der Waals surface area contributed by atoms with E-state index in [4.69, 9.17) is 9.84 Å². The summed E-state index contributed by atoms with van der Waals surface area (Å²) in [6, 6.07) is -0.765. The Bertz CT molecular complexity index is 288. The van der Waals surface area contributed by atoms with Gasteiger partial charge in [0.2, 0.25) is 6.41 Å². The first-order chi connectivity index (χ1) is 7.67. The number of carbonyl (C=O) groups is 2. The molecule has 1 heterocycles. The van der Waals surface area contributed by atoms with Gasteiger partial charge in [0.25, 0.3) is 0 Å². The van der Waals surface area contributed by atoms with Gasteiger partial charge in [-0.2, -0.15) is 0 Å². The van der Waals surface area contributed by atoms with E-state index < -0.39 is 12.0 Å². The fraction of sp³-hybridized carbons (Fsp3) is 0.818. The van der Waals surface area contributed by atoms with Gasteiger partial charge in [-0.05, 0) is 38.0 Å². The van der Waals surface area contributed by atoms with Gasteiger partial charge < -0.3 is 15.2 Å². The molecule has 2 aliphatic rings. The molecule has 2 fully saturated rings. The second kappa shape index (κ2) is 4.41. The molecule has 90 valence electrons. The van der Waals surface area contributed by atoms with Crippen molar-refractivity contribution in [3.8, 4) is 0 Å². The Morgan fingerprint density at radius 2 is 2.31 bits per heavy atom. The lowest BCUT2D eigenvalue weighted by molar-refractivity contribution is -0.159. The van der Waals surface area contributed by atoms with Crippen LogP contribution in [0.25, 0.3) is 0 Å². The van der Waals surface area contributed by atoms with E-state index in [0.29, 0.717) is 19.4 Å². The van der Waals surface area contributed by atoms with Crippen molar-refractivity contribution in [2.45, 2.75) is 43.7 Å². The molecule has 1 spiro atoms. The number of rotatable bonds is 4. The molecule has 2 atom stereocenters. The van der Waals surface area contributed by atoms with Gasteiger partial charge in [-0.25, -0.2) is 4.79 Å². The largest absolute Gasteiger partial charge is 0.480 e. The van der Waals surface area contributed by atoms with Crippen LogP contribution in [-0.2, 0) is 14.3 Å². The van der Waals surface area contributed by atoms with Crippen molar-refractivity contribution in [2.24, 2.45) is 5.92 Å². The van der Waals surface area contributed by atoms with Crippen LogP contribution >= 0.6 is 0 Å². The molecule has 1 saturated heterocycles. The minimum atomic E-state index is -0.950. The lowest BCUT2D eigenvalue weighted by Gasteiger charge is -2.48. The van der Waals surface area contributed by atoms with E-state index in [1.807, 2.05) is 0 Å². The molecule has 0 aromatic rings. The van der Waals surface area contributed by atoms with E-state index in [9.17, 15) is 9.59 Å². The molecule has 0 aromatic carbocycles. The number of hydrogen-bond acceptors (Lipinski definition) is 3. The Balaban J connectivity index is 2.01. The van der Waals surface area contributed by atoms with Gasteiger partial charge in [0, 0.05) is 6.61 Å². The van der Waals surface area contributed by atoms with Crippen LogP contribution in [0, 0.1) is 5.92 Å². The zero-order chi connectivity index (χ0) is 11.6. The first kappa shape index (κ1) is 11.4. The summed E-state index contributed by atoms with van der Waals surface area (Å²) in [5.74, 6) is -0.953. The van der Waals surface area contributed by atoms with Gasteiger partial charge in [-0.15, -0.1) is 0 Å². The summed E-state index contributed by atoms with van der Waals surface area (Å²) in [5.41, 5.74) is -0.0822. The van der Waals surface area contributed by atoms with Crippen molar-refractivity contribution < 1.29 is 19.4 Å². The van der Waals surface area contributed by atoms with Crippen LogP contribution in [0.15, 0.2) is 0 Å². The minimum Gasteiger partial charge on any atom is -0.480 e. The van der Waals surface area contributed by atoms with E-state index >= 15 is 0 Å². The summed E-state index contributed by atoms with van der Waals surface area (Å²) < 4.78 is 5.73. The molecular weight excluding hydrogens is 210 g/mol. The fourth-order valence-corrected chi connectivity index (χ4v) is 2.75. The Morgan fingerprint density at radius 3 is 2.81 bits per heavy atom. The van der Waals surface area contributed by atoms with Crippen LogP contribution in [0.2, 0.25) is 0 Å². The quantitative estimate of drug-likeness (QED) is 0.687. The summed E-state index contributed by atoms with van der Waals surface area (Å²) in [6.07, 6.45) is 5.14. The summed E-state index contributed by atoms with van der Waals surface area (Å²) >= 11 is 0. The standard InChI is InChI=1S/C11H17NO4/c13-7-12-9(10(14)15)8-2-5-16-11(6-8)3-1-4-11/h7-9H,1-6H2,(H,12,13)(H,14,15). The molecule has 0 radical (unpaired) electrons. The second-order valence-electron chi connectivity index (χ2n) is 4.74. The van der Waals surface area contributed by atoms with E-state index in [-0.39, 0.29) is 11.5 Å². The van der Waals surface area contributed by atoms with Crippen molar-refractivity contribution in [1.82, 2.24) is 5.32 Å². The van der Waals surface area contributed by atoms with Gasteiger partial charge in [-0.3, -0.25) is 4.79 Å². The highest BCUT2D eigenvalue weighted by atomic mass is 16.5. The molecule has 2 N–H and O–H groups in total. The van der Waals surface area contributed by atoms with Crippen LogP contribution in [0.4, 0.5) is 0 Å². The van der Waals surface area contributed by atoms with Crippen LogP contribution < -0.4 is 5.32 Å². The highest BCUT2D eigenvalue weighted by Crippen LogP contribution is 2.44. The summed E-state index contributed by atoms with van der Waals surface area (Å²) in [6.45, 7) is 0.606. The maximum Gasteiger partial charge on any atom is 0.326 e. The molecule has 1 aliphatic heterocycles. The normalized spacial score (nSPS) is 29.1. The maximum atomic E-state index is 11.0. The van der Waals surface area contributed by atoms with Gasteiger partial charge in [0.1, 0.15) is 6.04 Å². The molecule has 1 saturated carbocycles. The third-order valence-electron chi connectivity index (χ3n) is 3.78. The van der Waals surface area contributed by atoms with Gasteiger partial charge in [0.05, 0.1) is 5.60 Å². The number of nitrogens with one attached hydrogen (secondary N) is 1. The number of carboxylic acid groups (broad SMARTS) is 1. The smallest absolute Gasteiger partial charge is 0.326 e. The molecule has 1 aliphatic carbocycles. The summed E-state index contributed by atoms with van der Waals surface area (Å²) in [5, 5.41) is 11.5. The number of hydrogen-bond donors (Lipinski definition) is 2. The van der Waals surface area contributed by atoms with Gasteiger partial charge in [0.15, 0.2) is 0 Å². The van der Waals surface area contributed by atoms with Gasteiger partial charge in [-0.1, -0.05) is 0 Å². The van der Waals surface area contributed by atoms with E-state index in [2.05, 4.69) is 5.32 Å². The number of aliphatic carboxylic acids is 1. The van der Waals surface area contributed by atoms with Crippen molar-refractivity contribution in [2.75, 3.05) is 6.61 Å². The highest BCUT2D eigenvalue weighted by molar-refractivity contribution is 5.76. The van der Waals surface area contributed by atoms with Crippen LogP contribution in [0.5, 0.6) is 0 Å². The molecule has 2 rings (SSSR count). The number of amides is 1. The van der Waals surface area contributed by atoms with Crippen LogP contribution in [-0.4, -0.2) is 35.7 Å². The Hall–Kier alpha value is -1.10. The topological polar surface area (TPSA) is 75.6 Å². The van der Waals surface area contributed by atoms with E-state index in [0.717, 1.165) is 25.7 Å². The molecule has 5 nitrogen and oxygen atoms in total. The Kier molecular flexibility index (Phi) is 3.14. The monoisotopic (exact) mass is 227 g/mol. The summed E-state index contributed by atoms with van der Waals surface area (Å²) in [4.78, 5) is 21.4. The van der Waals surface area contributed by atoms with Crippen molar-refractivity contribution in [3.05, 3.63) is 0 Å². The van der Waals surface area contributed by atoms with Crippen molar-refractivity contribution in [3.63, 3.8) is 0 Å². The number of carboxylic acids is 1. The van der Waals surface area contributed by atoms with Crippen molar-refractivity contribution in [1.29, 1.82) is 0 Å². The lowest BCUT2D eigenvalue weighted by atomic mass is 9.70. The third kappa shape index (κ3) is 2.04. The minimum absolute atomic E-state index is 0.00301. The zero-order valence-corrected chi connectivity index (χ0v) is 9.15. The molecule has 5 heteroatoms. The van der Waals surface area contributed by atoms with Crippen molar-refractivity contribution >= 4 is 12.4 Å². The molecule has 2 unspecified atom stereocenters. The van der Waals surface area contributed by atoms with Crippen LogP contribution in [0.3, 0.4) is 0 Å². The average molecular weight is 227 g/mol. The van der Waals surface area contributed by atoms with Crippen LogP contribution in [0.1, 0.15) is 32.1 Å². The predicted octanol–water partition coefficient (Wildman–Crippen LogP) is 0.535. The van der Waals surface area contributed by atoms with E-state index in [1.54, 1.807) is 0 Å². The average Bonchev–Trinajstić information content (AvgIpc) is 2.23. The predicted molar refractivity (Wildman–Crippen MR) is 55.9 cm³/mol. The lowest BCUT2D eigenvalue weighted by Crippen LogP contribution is -2.52. The zero-order valence-electron chi connectivity index (χ0n) is 9.15. The fourth-order valence-electron chi connectivity index (χ4n) is 2.75. The number of ether oxygens (including phenoxy) is 1.